The molecule has 106 valence electrons. The summed E-state index contributed by atoms with van der Waals surface area (Å²) < 4.78 is 1.44. The highest BCUT2D eigenvalue weighted by Crippen LogP contribution is 2.07. The maximum Gasteiger partial charge on any atom is 0.258 e. The van der Waals surface area contributed by atoms with Crippen LogP contribution in [0.4, 0.5) is 0 Å². The van der Waals surface area contributed by atoms with Crippen LogP contribution < -0.4 is 10.9 Å². The molecule has 5 heteroatoms. The van der Waals surface area contributed by atoms with Gasteiger partial charge in [0, 0.05) is 24.7 Å². The summed E-state index contributed by atoms with van der Waals surface area (Å²) in [4.78, 5) is 26.0. The van der Waals surface area contributed by atoms with Crippen LogP contribution in [0.5, 0.6) is 0 Å². The molecule has 0 radical (unpaired) electrons. The van der Waals surface area contributed by atoms with Gasteiger partial charge in [0.25, 0.3) is 5.56 Å². The Morgan fingerprint density at radius 2 is 2.00 bits per heavy atom. The van der Waals surface area contributed by atoms with E-state index in [2.05, 4.69) is 5.32 Å². The Labute approximate surface area is 117 Å². The Morgan fingerprint density at radius 3 is 2.75 bits per heavy atom. The second-order valence-electron chi connectivity index (χ2n) is 4.99. The summed E-state index contributed by atoms with van der Waals surface area (Å²) in [6.07, 6.45) is 1.66. The quantitative estimate of drug-likeness (QED) is 0.871. The number of benzene rings is 1. The molecule has 1 N–H and O–H groups in total. The summed E-state index contributed by atoms with van der Waals surface area (Å²) in [6.45, 7) is 1.41. The van der Waals surface area contributed by atoms with E-state index in [9.17, 15) is 9.59 Å². The topological polar surface area (TPSA) is 54.3 Å². The van der Waals surface area contributed by atoms with E-state index in [0.29, 0.717) is 11.9 Å². The van der Waals surface area contributed by atoms with Gasteiger partial charge in [-0.3, -0.25) is 9.59 Å². The molecule has 20 heavy (non-hydrogen) atoms. The highest BCUT2D eigenvalue weighted by atomic mass is 16.2. The molecule has 1 aromatic carbocycles. The summed E-state index contributed by atoms with van der Waals surface area (Å²) in [5, 5.41) is 4.32. The summed E-state index contributed by atoms with van der Waals surface area (Å²) >= 11 is 0. The van der Waals surface area contributed by atoms with Crippen molar-refractivity contribution in [2.45, 2.75) is 6.54 Å². The average Bonchev–Trinajstić information content (AvgIpc) is 2.42. The normalized spacial score (nSPS) is 10.9. The molecule has 0 aliphatic carbocycles. The zero-order chi connectivity index (χ0) is 14.5. The van der Waals surface area contributed by atoms with E-state index in [1.54, 1.807) is 12.3 Å². The summed E-state index contributed by atoms with van der Waals surface area (Å²) in [7, 11) is 3.89. The molecule has 1 amide bonds. The minimum absolute atomic E-state index is 0.0527. The van der Waals surface area contributed by atoms with Crippen LogP contribution in [-0.2, 0) is 11.3 Å². The van der Waals surface area contributed by atoms with Crippen LogP contribution in [0.25, 0.3) is 10.8 Å². The molecule has 1 aromatic heterocycles. The summed E-state index contributed by atoms with van der Waals surface area (Å²) in [5.74, 6) is -0.149. The molecular weight excluding hydrogens is 254 g/mol. The van der Waals surface area contributed by atoms with Crippen molar-refractivity contribution in [3.8, 4) is 0 Å². The number of carbonyl (C=O) groups excluding carboxylic acids is 1. The van der Waals surface area contributed by atoms with Crippen molar-refractivity contribution in [1.82, 2.24) is 14.8 Å². The van der Waals surface area contributed by atoms with Crippen LogP contribution >= 0.6 is 0 Å². The van der Waals surface area contributed by atoms with E-state index in [0.717, 1.165) is 11.9 Å². The molecule has 0 aliphatic heterocycles. The molecule has 0 unspecified atom stereocenters. The van der Waals surface area contributed by atoms with Gasteiger partial charge in [0.2, 0.25) is 5.91 Å². The minimum Gasteiger partial charge on any atom is -0.353 e. The summed E-state index contributed by atoms with van der Waals surface area (Å²) in [5.41, 5.74) is -0.133. The van der Waals surface area contributed by atoms with Crippen molar-refractivity contribution in [3.05, 3.63) is 46.9 Å². The van der Waals surface area contributed by atoms with Crippen LogP contribution in [0.3, 0.4) is 0 Å². The van der Waals surface area contributed by atoms with Crippen LogP contribution in [0.15, 0.2) is 41.3 Å². The number of nitrogens with zero attached hydrogens (tertiary/aromatic N) is 2. The standard InChI is InChI=1S/C15H19N3O2/c1-17(2)10-8-16-14(19)11-18-9-7-12-5-3-4-6-13(12)15(18)20/h3-7,9H,8,10-11H2,1-2H3,(H,16,19). The molecular formula is C15H19N3O2. The number of fused-ring (bicyclic) bond motifs is 1. The van der Waals surface area contributed by atoms with Crippen molar-refractivity contribution in [2.75, 3.05) is 27.2 Å². The monoisotopic (exact) mass is 273 g/mol. The molecule has 0 saturated carbocycles. The lowest BCUT2D eigenvalue weighted by atomic mass is 10.2. The van der Waals surface area contributed by atoms with E-state index >= 15 is 0 Å². The minimum atomic E-state index is -0.149. The number of carbonyl (C=O) groups is 1. The van der Waals surface area contributed by atoms with Gasteiger partial charge in [0.1, 0.15) is 6.54 Å². The van der Waals surface area contributed by atoms with E-state index in [1.807, 2.05) is 43.3 Å². The van der Waals surface area contributed by atoms with Gasteiger partial charge in [-0.25, -0.2) is 0 Å². The number of hydrogen-bond acceptors (Lipinski definition) is 3. The molecule has 5 nitrogen and oxygen atoms in total. The van der Waals surface area contributed by atoms with E-state index < -0.39 is 0 Å². The van der Waals surface area contributed by atoms with Crippen LogP contribution in [0.1, 0.15) is 0 Å². The van der Waals surface area contributed by atoms with E-state index in [-0.39, 0.29) is 18.0 Å². The van der Waals surface area contributed by atoms with Crippen molar-refractivity contribution >= 4 is 16.7 Å². The van der Waals surface area contributed by atoms with Crippen molar-refractivity contribution in [3.63, 3.8) is 0 Å². The van der Waals surface area contributed by atoms with Gasteiger partial charge in [-0.15, -0.1) is 0 Å². The molecule has 0 bridgehead atoms. The number of hydrogen-bond donors (Lipinski definition) is 1. The number of amides is 1. The molecule has 0 aliphatic rings. The molecule has 0 fully saturated rings. The highest BCUT2D eigenvalue weighted by Gasteiger charge is 2.06. The Bertz CT molecular complexity index is 661. The lowest BCUT2D eigenvalue weighted by molar-refractivity contribution is -0.121. The van der Waals surface area contributed by atoms with Gasteiger partial charge >= 0.3 is 0 Å². The second-order valence-corrected chi connectivity index (χ2v) is 4.99. The summed E-state index contributed by atoms with van der Waals surface area (Å²) in [6, 6.07) is 9.23. The van der Waals surface area contributed by atoms with Gasteiger partial charge in [0.05, 0.1) is 0 Å². The first-order valence-corrected chi connectivity index (χ1v) is 6.57. The number of rotatable bonds is 5. The van der Waals surface area contributed by atoms with Crippen LogP contribution in [-0.4, -0.2) is 42.6 Å². The zero-order valence-corrected chi connectivity index (χ0v) is 11.8. The van der Waals surface area contributed by atoms with Gasteiger partial charge in [-0.05, 0) is 31.6 Å². The van der Waals surface area contributed by atoms with Crippen LogP contribution in [0.2, 0.25) is 0 Å². The highest BCUT2D eigenvalue weighted by molar-refractivity contribution is 5.82. The lowest BCUT2D eigenvalue weighted by Crippen LogP contribution is -2.35. The first-order chi connectivity index (χ1) is 9.58. The Kier molecular flexibility index (Phi) is 4.53. The largest absolute Gasteiger partial charge is 0.353 e. The van der Waals surface area contributed by atoms with Gasteiger partial charge in [0.15, 0.2) is 0 Å². The second kappa shape index (κ2) is 6.34. The molecule has 2 aromatic rings. The molecule has 0 saturated heterocycles. The van der Waals surface area contributed by atoms with Gasteiger partial charge in [-0.2, -0.15) is 0 Å². The third-order valence-corrected chi connectivity index (χ3v) is 3.08. The Morgan fingerprint density at radius 1 is 1.25 bits per heavy atom. The third-order valence-electron chi connectivity index (χ3n) is 3.08. The van der Waals surface area contributed by atoms with Crippen molar-refractivity contribution < 1.29 is 4.79 Å². The van der Waals surface area contributed by atoms with E-state index in [1.165, 1.54) is 4.57 Å². The van der Waals surface area contributed by atoms with Crippen molar-refractivity contribution in [1.29, 1.82) is 0 Å². The predicted octanol–water partition coefficient (Wildman–Crippen LogP) is 0.679. The maximum absolute atomic E-state index is 12.2. The first kappa shape index (κ1) is 14.3. The molecule has 0 spiro atoms. The van der Waals surface area contributed by atoms with Crippen LogP contribution in [0, 0.1) is 0 Å². The number of aromatic nitrogens is 1. The zero-order valence-electron chi connectivity index (χ0n) is 11.8. The van der Waals surface area contributed by atoms with Crippen molar-refractivity contribution in [2.24, 2.45) is 0 Å². The Hall–Kier alpha value is -2.14. The maximum atomic E-state index is 12.2. The van der Waals surface area contributed by atoms with E-state index in [4.69, 9.17) is 0 Å². The SMILES string of the molecule is CN(C)CCNC(=O)Cn1ccc2ccccc2c1=O. The fourth-order valence-corrected chi connectivity index (χ4v) is 1.98. The molecule has 1 heterocycles. The predicted molar refractivity (Wildman–Crippen MR) is 79.8 cm³/mol. The first-order valence-electron chi connectivity index (χ1n) is 6.57. The number of pyridine rings is 1. The van der Waals surface area contributed by atoms with Gasteiger partial charge < -0.3 is 14.8 Å². The number of nitrogens with one attached hydrogen (secondary N) is 1. The number of likely N-dealkylation sites (N-methyl/N-ethyl adjacent to an activating group) is 1. The smallest absolute Gasteiger partial charge is 0.258 e. The Balaban J connectivity index is 2.08. The fraction of sp³-hybridized carbons (Fsp3) is 0.333. The average molecular weight is 273 g/mol. The molecule has 2 rings (SSSR count). The third kappa shape index (κ3) is 3.45. The lowest BCUT2D eigenvalue weighted by Gasteiger charge is -2.11. The van der Waals surface area contributed by atoms with Gasteiger partial charge in [-0.1, -0.05) is 18.2 Å². The molecule has 0 atom stereocenters. The fourth-order valence-electron chi connectivity index (χ4n) is 1.98.